The zero-order valence-corrected chi connectivity index (χ0v) is 19.3. The number of aryl methyl sites for hydroxylation is 1. The van der Waals surface area contributed by atoms with E-state index >= 15 is 0 Å². The van der Waals surface area contributed by atoms with Crippen molar-refractivity contribution >= 4 is 10.8 Å². The Kier molecular flexibility index (Phi) is 6.97. The van der Waals surface area contributed by atoms with Gasteiger partial charge in [0.2, 0.25) is 6.29 Å². The van der Waals surface area contributed by atoms with Crippen molar-refractivity contribution in [3.63, 3.8) is 0 Å². The monoisotopic (exact) mass is 416 g/mol. The lowest BCUT2D eigenvalue weighted by molar-refractivity contribution is -0.159. The molecule has 1 atom stereocenters. The fourth-order valence-corrected chi connectivity index (χ4v) is 5.14. The highest BCUT2D eigenvalue weighted by molar-refractivity contribution is 5.86. The Morgan fingerprint density at radius 1 is 0.839 bits per heavy atom. The van der Waals surface area contributed by atoms with Crippen LogP contribution in [0.4, 0.5) is 0 Å². The van der Waals surface area contributed by atoms with Crippen LogP contribution >= 0.6 is 0 Å². The molecule has 0 N–H and O–H groups in total. The topological polar surface area (TPSA) is 18.5 Å². The van der Waals surface area contributed by atoms with Crippen LogP contribution in [0.1, 0.15) is 70.4 Å². The molecule has 0 aliphatic heterocycles. The van der Waals surface area contributed by atoms with Crippen LogP contribution in [0.5, 0.6) is 5.75 Å². The maximum absolute atomic E-state index is 6.68. The lowest BCUT2D eigenvalue weighted by atomic mass is 9.67. The normalized spacial score (nSPS) is 17.0. The second-order valence-corrected chi connectivity index (χ2v) is 9.27. The molecular formula is C29H36O2. The predicted molar refractivity (Wildman–Crippen MR) is 130 cm³/mol. The second kappa shape index (κ2) is 9.87. The van der Waals surface area contributed by atoms with Gasteiger partial charge in [-0.3, -0.25) is 0 Å². The number of hydrogen-bond donors (Lipinski definition) is 0. The third-order valence-corrected chi connectivity index (χ3v) is 6.62. The largest absolute Gasteiger partial charge is 0.464 e. The summed E-state index contributed by atoms with van der Waals surface area (Å²) in [6, 6.07) is 24.0. The van der Waals surface area contributed by atoms with Gasteiger partial charge in [-0.05, 0) is 67.1 Å². The van der Waals surface area contributed by atoms with E-state index in [1.54, 1.807) is 0 Å². The molecule has 2 heteroatoms. The van der Waals surface area contributed by atoms with Crippen molar-refractivity contribution in [1.82, 2.24) is 0 Å². The van der Waals surface area contributed by atoms with Crippen LogP contribution in [-0.4, -0.2) is 12.4 Å². The molecule has 0 spiro atoms. The van der Waals surface area contributed by atoms with Crippen LogP contribution in [0.2, 0.25) is 0 Å². The summed E-state index contributed by atoms with van der Waals surface area (Å²) in [6.45, 7) is 6.44. The standard InChI is InChI=1S/C29H36O2/c1-4-11-23-16-18-25(19-17-23)31-28(30-22(2)3)29(20-8-5-9-21-29)27-15-10-13-24-12-6-7-14-26(24)27/h6-7,10,12-19,22,28H,4-5,8-9,11,20-21H2,1-3H3. The van der Waals surface area contributed by atoms with E-state index < -0.39 is 0 Å². The summed E-state index contributed by atoms with van der Waals surface area (Å²) in [5, 5.41) is 2.61. The van der Waals surface area contributed by atoms with Crippen molar-refractivity contribution in [2.45, 2.75) is 83.5 Å². The summed E-state index contributed by atoms with van der Waals surface area (Å²) in [4.78, 5) is 0. The van der Waals surface area contributed by atoms with Crippen molar-refractivity contribution in [1.29, 1.82) is 0 Å². The molecular weight excluding hydrogens is 380 g/mol. The predicted octanol–water partition coefficient (Wildman–Crippen LogP) is 7.82. The van der Waals surface area contributed by atoms with E-state index in [2.05, 4.69) is 87.5 Å². The van der Waals surface area contributed by atoms with Gasteiger partial charge in [0.05, 0.1) is 11.5 Å². The number of fused-ring (bicyclic) bond motifs is 1. The van der Waals surface area contributed by atoms with Crippen LogP contribution in [0.3, 0.4) is 0 Å². The van der Waals surface area contributed by atoms with Crippen molar-refractivity contribution in [3.8, 4) is 5.75 Å². The highest BCUT2D eigenvalue weighted by atomic mass is 16.7. The van der Waals surface area contributed by atoms with Gasteiger partial charge < -0.3 is 9.47 Å². The van der Waals surface area contributed by atoms with Crippen molar-refractivity contribution in [2.24, 2.45) is 0 Å². The molecule has 1 fully saturated rings. The Bertz CT molecular complexity index is 962. The minimum atomic E-state index is -0.310. The Hall–Kier alpha value is -2.32. The van der Waals surface area contributed by atoms with Crippen LogP contribution < -0.4 is 4.74 Å². The van der Waals surface area contributed by atoms with E-state index in [4.69, 9.17) is 9.47 Å². The van der Waals surface area contributed by atoms with Crippen LogP contribution in [-0.2, 0) is 16.6 Å². The first-order chi connectivity index (χ1) is 15.1. The molecule has 0 heterocycles. The Morgan fingerprint density at radius 3 is 2.26 bits per heavy atom. The van der Waals surface area contributed by atoms with Gasteiger partial charge in [0, 0.05) is 0 Å². The van der Waals surface area contributed by atoms with E-state index in [9.17, 15) is 0 Å². The Labute approximate surface area is 187 Å². The van der Waals surface area contributed by atoms with E-state index in [0.717, 1.165) is 31.4 Å². The molecule has 1 aliphatic rings. The number of hydrogen-bond acceptors (Lipinski definition) is 2. The van der Waals surface area contributed by atoms with E-state index in [-0.39, 0.29) is 17.8 Å². The minimum Gasteiger partial charge on any atom is -0.464 e. The van der Waals surface area contributed by atoms with Gasteiger partial charge in [-0.2, -0.15) is 0 Å². The van der Waals surface area contributed by atoms with Crippen LogP contribution in [0.25, 0.3) is 10.8 Å². The maximum atomic E-state index is 6.68. The van der Waals surface area contributed by atoms with Crippen LogP contribution in [0.15, 0.2) is 66.7 Å². The van der Waals surface area contributed by atoms with E-state index in [1.165, 1.54) is 41.2 Å². The molecule has 3 aromatic carbocycles. The quantitative estimate of drug-likeness (QED) is 0.348. The summed E-state index contributed by atoms with van der Waals surface area (Å²) in [5.74, 6) is 0.899. The number of rotatable bonds is 8. The minimum absolute atomic E-state index is 0.0955. The maximum Gasteiger partial charge on any atom is 0.209 e. The number of benzene rings is 3. The zero-order chi connectivity index (χ0) is 21.7. The molecule has 1 unspecified atom stereocenters. The molecule has 31 heavy (non-hydrogen) atoms. The Balaban J connectivity index is 1.76. The summed E-state index contributed by atoms with van der Waals surface area (Å²) >= 11 is 0. The average molecular weight is 417 g/mol. The smallest absolute Gasteiger partial charge is 0.209 e. The zero-order valence-electron chi connectivity index (χ0n) is 19.3. The summed E-state index contributed by atoms with van der Waals surface area (Å²) < 4.78 is 13.2. The van der Waals surface area contributed by atoms with Gasteiger partial charge >= 0.3 is 0 Å². The summed E-state index contributed by atoms with van der Waals surface area (Å²) in [6.07, 6.45) is 7.93. The summed E-state index contributed by atoms with van der Waals surface area (Å²) in [7, 11) is 0. The molecule has 2 nitrogen and oxygen atoms in total. The molecule has 3 aromatic rings. The van der Waals surface area contributed by atoms with Gasteiger partial charge in [0.15, 0.2) is 0 Å². The molecule has 164 valence electrons. The molecule has 0 saturated heterocycles. The average Bonchev–Trinajstić information content (AvgIpc) is 2.80. The Morgan fingerprint density at radius 2 is 1.55 bits per heavy atom. The lowest BCUT2D eigenvalue weighted by Gasteiger charge is -2.44. The third kappa shape index (κ3) is 4.80. The molecule has 1 aliphatic carbocycles. The molecule has 1 saturated carbocycles. The van der Waals surface area contributed by atoms with Gasteiger partial charge in [-0.25, -0.2) is 0 Å². The fraction of sp³-hybridized carbons (Fsp3) is 0.448. The fourth-order valence-electron chi connectivity index (χ4n) is 5.14. The van der Waals surface area contributed by atoms with Crippen molar-refractivity contribution in [3.05, 3.63) is 77.9 Å². The van der Waals surface area contributed by atoms with E-state index in [1.807, 2.05) is 0 Å². The molecule has 0 amide bonds. The van der Waals surface area contributed by atoms with Gasteiger partial charge in [0.1, 0.15) is 5.75 Å². The number of ether oxygens (including phenoxy) is 2. The van der Waals surface area contributed by atoms with Crippen molar-refractivity contribution < 1.29 is 9.47 Å². The first-order valence-corrected chi connectivity index (χ1v) is 12.0. The van der Waals surface area contributed by atoms with Gasteiger partial charge in [-0.15, -0.1) is 0 Å². The molecule has 0 aromatic heterocycles. The van der Waals surface area contributed by atoms with Gasteiger partial charge in [-0.1, -0.05) is 87.2 Å². The lowest BCUT2D eigenvalue weighted by Crippen LogP contribution is -2.47. The second-order valence-electron chi connectivity index (χ2n) is 9.27. The highest BCUT2D eigenvalue weighted by Crippen LogP contribution is 2.46. The van der Waals surface area contributed by atoms with Crippen molar-refractivity contribution in [2.75, 3.05) is 0 Å². The molecule has 0 radical (unpaired) electrons. The first-order valence-electron chi connectivity index (χ1n) is 12.0. The van der Waals surface area contributed by atoms with Gasteiger partial charge in [0.25, 0.3) is 0 Å². The summed E-state index contributed by atoms with van der Waals surface area (Å²) in [5.41, 5.74) is 2.59. The SMILES string of the molecule is CCCc1ccc(OC(OC(C)C)C2(c3cccc4ccccc34)CCCCC2)cc1. The van der Waals surface area contributed by atoms with Crippen LogP contribution in [0, 0.1) is 0 Å². The highest BCUT2D eigenvalue weighted by Gasteiger charge is 2.45. The third-order valence-electron chi connectivity index (χ3n) is 6.62. The molecule has 4 rings (SSSR count). The first kappa shape index (κ1) is 21.9. The molecule has 0 bridgehead atoms. The van der Waals surface area contributed by atoms with E-state index in [0.29, 0.717) is 0 Å².